The molecule has 0 radical (unpaired) electrons. The molecule has 9 heteroatoms. The summed E-state index contributed by atoms with van der Waals surface area (Å²) in [5.41, 5.74) is 2.19. The Hall–Kier alpha value is -2.60. The number of hydrogen-bond acceptors (Lipinski definition) is 6. The van der Waals surface area contributed by atoms with Crippen LogP contribution in [0.4, 0.5) is 5.69 Å². The normalized spacial score (nSPS) is 17.6. The number of rotatable bonds is 5. The third-order valence-corrected chi connectivity index (χ3v) is 6.57. The second-order valence-electron chi connectivity index (χ2n) is 8.37. The molecule has 2 aliphatic heterocycles. The number of nitrogens with one attached hydrogen (secondary N) is 1. The van der Waals surface area contributed by atoms with Gasteiger partial charge in [0.05, 0.1) is 29.9 Å². The quantitative estimate of drug-likeness (QED) is 0.711. The predicted octanol–water partition coefficient (Wildman–Crippen LogP) is 3.39. The average molecular weight is 476 g/mol. The zero-order chi connectivity index (χ0) is 22.1. The zero-order valence-corrected chi connectivity index (χ0v) is 19.5. The molecule has 170 valence electrons. The number of anilines is 1. The van der Waals surface area contributed by atoms with Crippen LogP contribution in [-0.4, -0.2) is 50.6 Å². The molecular weight excluding hydrogens is 450 g/mol. The van der Waals surface area contributed by atoms with Crippen LogP contribution in [0.15, 0.2) is 42.5 Å². The maximum atomic E-state index is 12.8. The molecule has 1 N–H and O–H groups in total. The highest BCUT2D eigenvalue weighted by Crippen LogP contribution is 2.40. The monoisotopic (exact) mass is 475 g/mol. The van der Waals surface area contributed by atoms with Crippen LogP contribution >= 0.6 is 12.4 Å². The van der Waals surface area contributed by atoms with Crippen LogP contribution in [0.2, 0.25) is 0 Å². The molecule has 7 nitrogen and oxygen atoms in total. The van der Waals surface area contributed by atoms with E-state index in [0.717, 1.165) is 45.2 Å². The number of nitrogens with zero attached hydrogens (tertiary/aromatic N) is 2. The van der Waals surface area contributed by atoms with Crippen LogP contribution < -0.4 is 9.46 Å². The molecule has 0 bridgehead atoms. The molecule has 0 saturated carbocycles. The lowest BCUT2D eigenvalue weighted by Crippen LogP contribution is -2.51. The van der Waals surface area contributed by atoms with Gasteiger partial charge in [0.2, 0.25) is 10.0 Å². The largest absolute Gasteiger partial charge is 0.486 e. The van der Waals surface area contributed by atoms with Gasteiger partial charge in [0.25, 0.3) is 0 Å². The van der Waals surface area contributed by atoms with E-state index in [1.807, 2.05) is 24.3 Å². The van der Waals surface area contributed by atoms with E-state index in [4.69, 9.17) is 10.00 Å². The highest BCUT2D eigenvalue weighted by atomic mass is 35.5. The second-order valence-corrected chi connectivity index (χ2v) is 10.1. The molecule has 1 spiro atoms. The molecule has 0 aliphatic carbocycles. The molecule has 2 heterocycles. The summed E-state index contributed by atoms with van der Waals surface area (Å²) in [4.78, 5) is 15.2. The van der Waals surface area contributed by atoms with Crippen LogP contribution in [0.25, 0.3) is 0 Å². The van der Waals surface area contributed by atoms with E-state index in [1.54, 1.807) is 18.2 Å². The third-order valence-electron chi connectivity index (χ3n) is 5.96. The average Bonchev–Trinajstić information content (AvgIpc) is 2.73. The third kappa shape index (κ3) is 5.60. The number of ether oxygens (including phenoxy) is 1. The van der Waals surface area contributed by atoms with E-state index in [0.29, 0.717) is 29.0 Å². The maximum absolute atomic E-state index is 12.8. The van der Waals surface area contributed by atoms with Crippen molar-refractivity contribution >= 4 is 33.9 Å². The van der Waals surface area contributed by atoms with Gasteiger partial charge in [0, 0.05) is 38.2 Å². The smallest absolute Gasteiger partial charge is 0.229 e. The number of nitriles is 1. The van der Waals surface area contributed by atoms with E-state index in [9.17, 15) is 13.2 Å². The van der Waals surface area contributed by atoms with Crippen molar-refractivity contribution < 1.29 is 17.9 Å². The van der Waals surface area contributed by atoms with Gasteiger partial charge in [-0.2, -0.15) is 5.26 Å². The summed E-state index contributed by atoms with van der Waals surface area (Å²) in [5.74, 6) is 0.519. The summed E-state index contributed by atoms with van der Waals surface area (Å²) in [5, 5.41) is 8.90. The number of likely N-dealkylation sites (tertiary alicyclic amines) is 1. The number of ketones is 1. The van der Waals surface area contributed by atoms with Gasteiger partial charge >= 0.3 is 0 Å². The first-order valence-corrected chi connectivity index (χ1v) is 12.2. The summed E-state index contributed by atoms with van der Waals surface area (Å²) in [6.45, 7) is 2.63. The van der Waals surface area contributed by atoms with Crippen molar-refractivity contribution in [3.05, 3.63) is 59.2 Å². The first kappa shape index (κ1) is 24.1. The van der Waals surface area contributed by atoms with E-state index in [-0.39, 0.29) is 18.2 Å². The van der Waals surface area contributed by atoms with Crippen molar-refractivity contribution in [2.75, 3.05) is 30.6 Å². The van der Waals surface area contributed by atoms with Crippen molar-refractivity contribution in [3.63, 3.8) is 0 Å². The number of carbonyl (C=O) groups is 1. The predicted molar refractivity (Wildman–Crippen MR) is 125 cm³/mol. The zero-order valence-electron chi connectivity index (χ0n) is 17.8. The van der Waals surface area contributed by atoms with E-state index in [2.05, 4.69) is 15.7 Å². The topological polar surface area (TPSA) is 99.5 Å². The standard InChI is InChI=1S/C23H25N3O4S.ClH/c1-31(28,29)25-19-6-7-22-20(14-19)21(27)15-23(30-22)9-12-26(13-10-23)11-8-17-2-4-18(16-24)5-3-17;/h2-7,14,25H,8-13,15H2,1H3;1H. The fourth-order valence-corrected chi connectivity index (χ4v) is 4.82. The van der Waals surface area contributed by atoms with Crippen LogP contribution in [0, 0.1) is 11.3 Å². The molecule has 1 saturated heterocycles. The van der Waals surface area contributed by atoms with Crippen molar-refractivity contribution in [1.29, 1.82) is 5.26 Å². The Morgan fingerprint density at radius 3 is 2.47 bits per heavy atom. The number of carbonyl (C=O) groups excluding carboxylic acids is 1. The summed E-state index contributed by atoms with van der Waals surface area (Å²) in [6.07, 6.45) is 3.85. The Morgan fingerprint density at radius 2 is 1.84 bits per heavy atom. The lowest BCUT2D eigenvalue weighted by molar-refractivity contribution is -0.00865. The van der Waals surface area contributed by atoms with Gasteiger partial charge in [-0.05, 0) is 42.3 Å². The number of benzene rings is 2. The molecule has 0 unspecified atom stereocenters. The second kappa shape index (κ2) is 9.49. The molecule has 0 amide bonds. The van der Waals surface area contributed by atoms with Crippen LogP contribution in [-0.2, 0) is 16.4 Å². The number of Topliss-reactive ketones (excluding diaryl/α,β-unsaturated/α-hetero) is 1. The number of hydrogen-bond donors (Lipinski definition) is 1. The van der Waals surface area contributed by atoms with Gasteiger partial charge in [0.15, 0.2) is 5.78 Å². The first-order chi connectivity index (χ1) is 14.8. The summed E-state index contributed by atoms with van der Waals surface area (Å²) in [6, 6.07) is 14.7. The minimum atomic E-state index is -3.41. The minimum absolute atomic E-state index is 0. The minimum Gasteiger partial charge on any atom is -0.486 e. The highest BCUT2D eigenvalue weighted by Gasteiger charge is 2.42. The molecule has 2 aromatic carbocycles. The fourth-order valence-electron chi connectivity index (χ4n) is 4.27. The van der Waals surface area contributed by atoms with E-state index in [1.165, 1.54) is 5.56 Å². The maximum Gasteiger partial charge on any atom is 0.229 e. The van der Waals surface area contributed by atoms with Crippen molar-refractivity contribution in [2.45, 2.75) is 31.3 Å². The van der Waals surface area contributed by atoms with Crippen LogP contribution in [0.3, 0.4) is 0 Å². The Kier molecular flexibility index (Phi) is 7.13. The first-order valence-electron chi connectivity index (χ1n) is 10.3. The number of fused-ring (bicyclic) bond motifs is 1. The molecular formula is C23H26ClN3O4S. The molecule has 0 aromatic heterocycles. The summed E-state index contributed by atoms with van der Waals surface area (Å²) in [7, 11) is -3.41. The lowest BCUT2D eigenvalue weighted by Gasteiger charge is -2.44. The molecule has 2 aromatic rings. The fraction of sp³-hybridized carbons (Fsp3) is 0.391. The van der Waals surface area contributed by atoms with Gasteiger partial charge in [-0.15, -0.1) is 12.4 Å². The van der Waals surface area contributed by atoms with Crippen LogP contribution in [0.1, 0.15) is 40.7 Å². The van der Waals surface area contributed by atoms with E-state index >= 15 is 0 Å². The Balaban J connectivity index is 0.00000289. The number of halogens is 1. The molecule has 1 fully saturated rings. The Morgan fingerprint density at radius 1 is 1.16 bits per heavy atom. The molecule has 0 atom stereocenters. The molecule has 2 aliphatic rings. The Bertz CT molecular complexity index is 1130. The molecule has 32 heavy (non-hydrogen) atoms. The summed E-state index contributed by atoms with van der Waals surface area (Å²) >= 11 is 0. The Labute approximate surface area is 194 Å². The summed E-state index contributed by atoms with van der Waals surface area (Å²) < 4.78 is 31.6. The van der Waals surface area contributed by atoms with Gasteiger partial charge in [-0.25, -0.2) is 8.42 Å². The van der Waals surface area contributed by atoms with Crippen molar-refractivity contribution in [2.24, 2.45) is 0 Å². The SMILES string of the molecule is CS(=O)(=O)Nc1ccc2c(c1)C(=O)CC1(CCN(CCc3ccc(C#N)cc3)CC1)O2.Cl. The van der Waals surface area contributed by atoms with Crippen molar-refractivity contribution in [1.82, 2.24) is 4.90 Å². The molecule has 4 rings (SSSR count). The van der Waals surface area contributed by atoms with Gasteiger partial charge in [-0.1, -0.05) is 12.1 Å². The van der Waals surface area contributed by atoms with Gasteiger partial charge in [-0.3, -0.25) is 9.52 Å². The van der Waals surface area contributed by atoms with Crippen molar-refractivity contribution in [3.8, 4) is 11.8 Å². The number of piperidine rings is 1. The van der Waals surface area contributed by atoms with Crippen LogP contribution in [0.5, 0.6) is 5.75 Å². The van der Waals surface area contributed by atoms with Gasteiger partial charge < -0.3 is 9.64 Å². The number of sulfonamides is 1. The lowest BCUT2D eigenvalue weighted by atomic mass is 9.82. The van der Waals surface area contributed by atoms with Gasteiger partial charge in [0.1, 0.15) is 11.4 Å². The highest BCUT2D eigenvalue weighted by molar-refractivity contribution is 7.92. The van der Waals surface area contributed by atoms with E-state index < -0.39 is 15.6 Å².